The van der Waals surface area contributed by atoms with Gasteiger partial charge in [-0.1, -0.05) is 18.2 Å². The van der Waals surface area contributed by atoms with Crippen molar-refractivity contribution in [3.63, 3.8) is 0 Å². The van der Waals surface area contributed by atoms with Crippen LogP contribution in [0.25, 0.3) is 0 Å². The van der Waals surface area contributed by atoms with E-state index in [0.717, 1.165) is 0 Å². The first-order valence-electron chi connectivity index (χ1n) is 6.87. The van der Waals surface area contributed by atoms with Gasteiger partial charge in [-0.25, -0.2) is 14.4 Å². The maximum atomic E-state index is 11.9. The molecule has 118 valence electrons. The van der Waals surface area contributed by atoms with E-state index in [1.54, 1.807) is 30.3 Å². The number of nitrogens with zero attached hydrogens (tertiary/aromatic N) is 1. The van der Waals surface area contributed by atoms with Crippen LogP contribution in [0, 0.1) is 0 Å². The van der Waals surface area contributed by atoms with E-state index in [0.29, 0.717) is 24.9 Å². The highest BCUT2D eigenvalue weighted by molar-refractivity contribution is 5.89. The number of hydrogen-bond donors (Lipinski definition) is 0. The van der Waals surface area contributed by atoms with Gasteiger partial charge in [0.15, 0.2) is 0 Å². The van der Waals surface area contributed by atoms with Gasteiger partial charge in [0.1, 0.15) is 6.04 Å². The van der Waals surface area contributed by atoms with Gasteiger partial charge in [0.25, 0.3) is 0 Å². The van der Waals surface area contributed by atoms with Crippen LogP contribution in [0.3, 0.4) is 0 Å². The average Bonchev–Trinajstić information content (AvgIpc) is 3.04. The zero-order valence-electron chi connectivity index (χ0n) is 12.2. The van der Waals surface area contributed by atoms with Crippen LogP contribution in [-0.4, -0.2) is 49.4 Å². The Balaban J connectivity index is 1.80. The standard InChI is InChI=1S/C15H17NO6/c1-20-14(18)12-8-5-9-16(12)15(19)22-10-21-13(17)11-6-3-2-4-7-11/h2-4,6-7,12H,5,8-10H2,1H3/t12-/m0/s1. The van der Waals surface area contributed by atoms with Gasteiger partial charge in [0.05, 0.1) is 12.7 Å². The second kappa shape index (κ2) is 7.44. The SMILES string of the molecule is COC(=O)[C@@H]1CCCN1C(=O)OCOC(=O)c1ccccc1. The second-order valence-electron chi connectivity index (χ2n) is 4.70. The van der Waals surface area contributed by atoms with Crippen LogP contribution in [0.1, 0.15) is 23.2 Å². The molecule has 0 unspecified atom stereocenters. The molecule has 1 aliphatic heterocycles. The normalized spacial score (nSPS) is 17.0. The Morgan fingerprint density at radius 3 is 2.59 bits per heavy atom. The van der Waals surface area contributed by atoms with E-state index in [-0.39, 0.29) is 0 Å². The fourth-order valence-corrected chi connectivity index (χ4v) is 2.24. The molecule has 0 saturated carbocycles. The Bertz CT molecular complexity index is 544. The van der Waals surface area contributed by atoms with E-state index in [1.807, 2.05) is 0 Å². The average molecular weight is 307 g/mol. The van der Waals surface area contributed by atoms with Crippen molar-refractivity contribution in [3.8, 4) is 0 Å². The second-order valence-corrected chi connectivity index (χ2v) is 4.70. The number of likely N-dealkylation sites (tertiary alicyclic amines) is 1. The lowest BCUT2D eigenvalue weighted by Crippen LogP contribution is -2.41. The van der Waals surface area contributed by atoms with Crippen LogP contribution in [0.2, 0.25) is 0 Å². The van der Waals surface area contributed by atoms with Crippen molar-refractivity contribution in [3.05, 3.63) is 35.9 Å². The minimum absolute atomic E-state index is 0.368. The summed E-state index contributed by atoms with van der Waals surface area (Å²) in [5, 5.41) is 0. The van der Waals surface area contributed by atoms with Crippen molar-refractivity contribution in [2.45, 2.75) is 18.9 Å². The first-order valence-corrected chi connectivity index (χ1v) is 6.87. The summed E-state index contributed by atoms with van der Waals surface area (Å²) in [6.45, 7) is -0.0951. The number of benzene rings is 1. The molecule has 22 heavy (non-hydrogen) atoms. The predicted octanol–water partition coefficient (Wildman–Crippen LogP) is 1.57. The number of rotatable bonds is 4. The van der Waals surface area contributed by atoms with Gasteiger partial charge < -0.3 is 14.2 Å². The lowest BCUT2D eigenvalue weighted by Gasteiger charge is -2.21. The van der Waals surface area contributed by atoms with Crippen molar-refractivity contribution in [1.82, 2.24) is 4.90 Å². The molecular weight excluding hydrogens is 290 g/mol. The van der Waals surface area contributed by atoms with E-state index in [2.05, 4.69) is 4.74 Å². The Kier molecular flexibility index (Phi) is 5.35. The van der Waals surface area contributed by atoms with Gasteiger partial charge in [-0.15, -0.1) is 0 Å². The Hall–Kier alpha value is -2.57. The summed E-state index contributed by atoms with van der Waals surface area (Å²) in [6, 6.07) is 7.73. The smallest absolute Gasteiger partial charge is 0.413 e. The van der Waals surface area contributed by atoms with Crippen LogP contribution in [0.5, 0.6) is 0 Å². The minimum atomic E-state index is -0.700. The van der Waals surface area contributed by atoms with E-state index < -0.39 is 30.9 Å². The molecule has 7 nitrogen and oxygen atoms in total. The van der Waals surface area contributed by atoms with Gasteiger partial charge in [-0.3, -0.25) is 4.90 Å². The number of esters is 2. The Labute approximate surface area is 127 Å². The number of hydrogen-bond acceptors (Lipinski definition) is 6. The molecule has 1 aliphatic rings. The molecule has 1 amide bonds. The van der Waals surface area contributed by atoms with Crippen LogP contribution in [-0.2, 0) is 19.0 Å². The van der Waals surface area contributed by atoms with Crippen LogP contribution >= 0.6 is 0 Å². The number of amides is 1. The molecule has 7 heteroatoms. The third-order valence-electron chi connectivity index (χ3n) is 3.34. The molecule has 1 aromatic carbocycles. The molecule has 1 atom stereocenters. The quantitative estimate of drug-likeness (QED) is 0.620. The molecular formula is C15H17NO6. The van der Waals surface area contributed by atoms with Gasteiger partial charge >= 0.3 is 18.0 Å². The van der Waals surface area contributed by atoms with Gasteiger partial charge in [0, 0.05) is 6.54 Å². The van der Waals surface area contributed by atoms with Crippen LogP contribution in [0.15, 0.2) is 30.3 Å². The zero-order chi connectivity index (χ0) is 15.9. The maximum absolute atomic E-state index is 11.9. The molecule has 1 fully saturated rings. The molecule has 0 bridgehead atoms. The Morgan fingerprint density at radius 2 is 1.91 bits per heavy atom. The summed E-state index contributed by atoms with van der Waals surface area (Å²) < 4.78 is 14.4. The number of ether oxygens (including phenoxy) is 3. The molecule has 0 spiro atoms. The maximum Gasteiger partial charge on any atom is 0.413 e. The lowest BCUT2D eigenvalue weighted by atomic mass is 10.2. The van der Waals surface area contributed by atoms with Crippen molar-refractivity contribution >= 4 is 18.0 Å². The van der Waals surface area contributed by atoms with Crippen molar-refractivity contribution < 1.29 is 28.6 Å². The fraction of sp³-hybridized carbons (Fsp3) is 0.400. The number of methoxy groups -OCH3 is 1. The van der Waals surface area contributed by atoms with Crippen molar-refractivity contribution in [2.75, 3.05) is 20.4 Å². The zero-order valence-corrected chi connectivity index (χ0v) is 12.2. The van der Waals surface area contributed by atoms with Crippen LogP contribution in [0.4, 0.5) is 4.79 Å². The highest BCUT2D eigenvalue weighted by Crippen LogP contribution is 2.19. The molecule has 1 saturated heterocycles. The molecule has 0 aliphatic carbocycles. The number of carbonyl (C=O) groups is 3. The summed E-state index contributed by atoms with van der Waals surface area (Å²) in [7, 11) is 1.27. The van der Waals surface area contributed by atoms with Crippen molar-refractivity contribution in [1.29, 1.82) is 0 Å². The third-order valence-corrected chi connectivity index (χ3v) is 3.34. The van der Waals surface area contributed by atoms with E-state index >= 15 is 0 Å². The van der Waals surface area contributed by atoms with Crippen LogP contribution < -0.4 is 0 Å². The predicted molar refractivity (Wildman–Crippen MR) is 74.9 cm³/mol. The van der Waals surface area contributed by atoms with E-state index in [9.17, 15) is 14.4 Å². The van der Waals surface area contributed by atoms with Gasteiger partial charge in [-0.05, 0) is 25.0 Å². The summed E-state index contributed by atoms with van der Waals surface area (Å²) in [5.74, 6) is -1.06. The summed E-state index contributed by atoms with van der Waals surface area (Å²) in [6.07, 6.45) is 0.526. The van der Waals surface area contributed by atoms with Gasteiger partial charge in [0.2, 0.25) is 6.79 Å². The summed E-state index contributed by atoms with van der Waals surface area (Å²) in [4.78, 5) is 36.4. The van der Waals surface area contributed by atoms with Crippen molar-refractivity contribution in [2.24, 2.45) is 0 Å². The molecule has 1 heterocycles. The summed E-state index contributed by atoms with van der Waals surface area (Å²) in [5.41, 5.74) is 0.368. The third kappa shape index (κ3) is 3.75. The molecule has 1 aromatic rings. The highest BCUT2D eigenvalue weighted by Gasteiger charge is 2.35. The fourth-order valence-electron chi connectivity index (χ4n) is 2.24. The Morgan fingerprint density at radius 1 is 1.18 bits per heavy atom. The first-order chi connectivity index (χ1) is 10.6. The monoisotopic (exact) mass is 307 g/mol. The minimum Gasteiger partial charge on any atom is -0.467 e. The first kappa shape index (κ1) is 15.8. The topological polar surface area (TPSA) is 82.1 Å². The largest absolute Gasteiger partial charge is 0.467 e. The van der Waals surface area contributed by atoms with Gasteiger partial charge in [-0.2, -0.15) is 0 Å². The molecule has 0 radical (unpaired) electrons. The highest BCUT2D eigenvalue weighted by atomic mass is 16.7. The molecule has 2 rings (SSSR count). The molecule has 0 aromatic heterocycles. The van der Waals surface area contributed by atoms with E-state index in [1.165, 1.54) is 12.0 Å². The molecule has 0 N–H and O–H groups in total. The lowest BCUT2D eigenvalue weighted by molar-refractivity contribution is -0.145. The van der Waals surface area contributed by atoms with E-state index in [4.69, 9.17) is 9.47 Å². The summed E-state index contributed by atoms with van der Waals surface area (Å²) >= 11 is 0. The number of carbonyl (C=O) groups excluding carboxylic acids is 3.